The van der Waals surface area contributed by atoms with Crippen molar-refractivity contribution in [3.63, 3.8) is 0 Å². The fourth-order valence-corrected chi connectivity index (χ4v) is 1.76. The van der Waals surface area contributed by atoms with E-state index >= 15 is 0 Å². The smallest absolute Gasteiger partial charge is 0.336 e. The number of benzene rings is 1. The van der Waals surface area contributed by atoms with Gasteiger partial charge >= 0.3 is 5.97 Å². The lowest BCUT2D eigenvalue weighted by Gasteiger charge is -2.03. The minimum Gasteiger partial charge on any atom is -0.478 e. The number of carboxylic acid groups (broad SMARTS) is 1. The van der Waals surface area contributed by atoms with Gasteiger partial charge in [0.1, 0.15) is 0 Å². The highest BCUT2D eigenvalue weighted by Gasteiger charge is 2.10. The maximum Gasteiger partial charge on any atom is 0.336 e. The Morgan fingerprint density at radius 2 is 2.00 bits per heavy atom. The summed E-state index contributed by atoms with van der Waals surface area (Å²) in [6.07, 6.45) is 5.16. The third kappa shape index (κ3) is 3.10. The summed E-state index contributed by atoms with van der Waals surface area (Å²) in [7, 11) is 0. The van der Waals surface area contributed by atoms with Crippen LogP contribution >= 0.6 is 0 Å². The van der Waals surface area contributed by atoms with E-state index in [0.29, 0.717) is 5.56 Å². The molecule has 19 heavy (non-hydrogen) atoms. The first-order valence-electron chi connectivity index (χ1n) is 6.12. The summed E-state index contributed by atoms with van der Waals surface area (Å²) in [5, 5.41) is 13.5. The van der Waals surface area contributed by atoms with Crippen LogP contribution in [0.1, 0.15) is 31.0 Å². The van der Waals surface area contributed by atoms with Gasteiger partial charge in [-0.05, 0) is 25.5 Å². The molecule has 1 heterocycles. The predicted molar refractivity (Wildman–Crippen MR) is 74.6 cm³/mol. The zero-order chi connectivity index (χ0) is 13.8. The standard InChI is InChI=1S/C15H16N2O2/c1-11(2)17-10-12(9-16-17)8-14(15(18)19)13-6-4-3-5-7-13/h3-11H,1-2H3,(H,18,19)/b14-8+. The summed E-state index contributed by atoms with van der Waals surface area (Å²) in [4.78, 5) is 11.3. The molecule has 0 aliphatic heterocycles. The van der Waals surface area contributed by atoms with Crippen molar-refractivity contribution < 1.29 is 9.90 Å². The maximum absolute atomic E-state index is 11.3. The molecule has 4 heteroatoms. The molecule has 1 N–H and O–H groups in total. The molecule has 2 aromatic rings. The summed E-state index contributed by atoms with van der Waals surface area (Å²) in [5.74, 6) is -0.941. The summed E-state index contributed by atoms with van der Waals surface area (Å²) < 4.78 is 1.80. The summed E-state index contributed by atoms with van der Waals surface area (Å²) >= 11 is 0. The van der Waals surface area contributed by atoms with Crippen LogP contribution in [0.2, 0.25) is 0 Å². The van der Waals surface area contributed by atoms with Gasteiger partial charge in [0.2, 0.25) is 0 Å². The van der Waals surface area contributed by atoms with Crippen LogP contribution < -0.4 is 0 Å². The predicted octanol–water partition coefficient (Wildman–Crippen LogP) is 3.09. The number of carboxylic acids is 1. The molecule has 0 saturated heterocycles. The molecule has 0 atom stereocenters. The molecule has 2 rings (SSSR count). The number of carbonyl (C=O) groups is 1. The molecular formula is C15H16N2O2. The van der Waals surface area contributed by atoms with E-state index in [1.165, 1.54) is 0 Å². The fourth-order valence-electron chi connectivity index (χ4n) is 1.76. The van der Waals surface area contributed by atoms with Crippen LogP contribution in [-0.4, -0.2) is 20.9 Å². The average molecular weight is 256 g/mol. The Hall–Kier alpha value is -2.36. The average Bonchev–Trinajstić information content (AvgIpc) is 2.85. The topological polar surface area (TPSA) is 55.1 Å². The first-order chi connectivity index (χ1) is 9.08. The van der Waals surface area contributed by atoms with Crippen LogP contribution in [0.15, 0.2) is 42.7 Å². The third-order valence-electron chi connectivity index (χ3n) is 2.78. The highest BCUT2D eigenvalue weighted by molar-refractivity contribution is 6.20. The second-order valence-corrected chi connectivity index (χ2v) is 4.58. The molecule has 98 valence electrons. The SMILES string of the molecule is CC(C)n1cc(/C=C(/C(=O)O)c2ccccc2)cn1. The van der Waals surface area contributed by atoms with Crippen molar-refractivity contribution in [2.45, 2.75) is 19.9 Å². The van der Waals surface area contributed by atoms with E-state index in [1.54, 1.807) is 29.1 Å². The second kappa shape index (κ2) is 5.52. The van der Waals surface area contributed by atoms with Crippen LogP contribution in [0.4, 0.5) is 0 Å². The highest BCUT2D eigenvalue weighted by Crippen LogP contribution is 2.18. The van der Waals surface area contributed by atoms with E-state index in [4.69, 9.17) is 0 Å². The molecular weight excluding hydrogens is 240 g/mol. The molecule has 0 aliphatic carbocycles. The van der Waals surface area contributed by atoms with Gasteiger partial charge in [0.05, 0.1) is 11.8 Å². The molecule has 4 nitrogen and oxygen atoms in total. The van der Waals surface area contributed by atoms with E-state index in [1.807, 2.05) is 38.2 Å². The highest BCUT2D eigenvalue weighted by atomic mass is 16.4. The number of nitrogens with zero attached hydrogens (tertiary/aromatic N) is 2. The lowest BCUT2D eigenvalue weighted by Crippen LogP contribution is -2.00. The van der Waals surface area contributed by atoms with Crippen LogP contribution in [0.5, 0.6) is 0 Å². The van der Waals surface area contributed by atoms with E-state index < -0.39 is 5.97 Å². The summed E-state index contributed by atoms with van der Waals surface area (Å²) in [6, 6.07) is 9.33. The van der Waals surface area contributed by atoms with Crippen molar-refractivity contribution in [3.8, 4) is 0 Å². The van der Waals surface area contributed by atoms with E-state index in [0.717, 1.165) is 5.56 Å². The van der Waals surface area contributed by atoms with Crippen LogP contribution in [0.3, 0.4) is 0 Å². The Kier molecular flexibility index (Phi) is 3.80. The van der Waals surface area contributed by atoms with Gasteiger partial charge in [0.25, 0.3) is 0 Å². The van der Waals surface area contributed by atoms with E-state index in [-0.39, 0.29) is 11.6 Å². The van der Waals surface area contributed by atoms with Crippen molar-refractivity contribution in [2.75, 3.05) is 0 Å². The van der Waals surface area contributed by atoms with E-state index in [9.17, 15) is 9.90 Å². The van der Waals surface area contributed by atoms with E-state index in [2.05, 4.69) is 5.10 Å². The van der Waals surface area contributed by atoms with Crippen molar-refractivity contribution in [1.29, 1.82) is 0 Å². The summed E-state index contributed by atoms with van der Waals surface area (Å²) in [5.41, 5.74) is 1.74. The van der Waals surface area contributed by atoms with Crippen molar-refractivity contribution in [2.24, 2.45) is 0 Å². The van der Waals surface area contributed by atoms with Gasteiger partial charge in [-0.25, -0.2) is 4.79 Å². The van der Waals surface area contributed by atoms with Crippen molar-refractivity contribution in [1.82, 2.24) is 9.78 Å². The number of hydrogen-bond donors (Lipinski definition) is 1. The van der Waals surface area contributed by atoms with Crippen LogP contribution in [-0.2, 0) is 4.79 Å². The van der Waals surface area contributed by atoms with Gasteiger partial charge in [0.15, 0.2) is 0 Å². The second-order valence-electron chi connectivity index (χ2n) is 4.58. The largest absolute Gasteiger partial charge is 0.478 e. The van der Waals surface area contributed by atoms with Crippen molar-refractivity contribution in [3.05, 3.63) is 53.9 Å². The first-order valence-corrected chi connectivity index (χ1v) is 6.12. The zero-order valence-electron chi connectivity index (χ0n) is 10.9. The van der Waals surface area contributed by atoms with Gasteiger partial charge in [-0.1, -0.05) is 30.3 Å². The molecule has 0 unspecified atom stereocenters. The zero-order valence-corrected chi connectivity index (χ0v) is 10.9. The quantitative estimate of drug-likeness (QED) is 0.855. The number of rotatable bonds is 4. The Morgan fingerprint density at radius 3 is 2.53 bits per heavy atom. The Bertz CT molecular complexity index is 598. The molecule has 0 saturated carbocycles. The lowest BCUT2D eigenvalue weighted by atomic mass is 10.0. The molecule has 0 amide bonds. The number of aromatic nitrogens is 2. The van der Waals surface area contributed by atoms with Gasteiger partial charge in [-0.15, -0.1) is 0 Å². The Morgan fingerprint density at radius 1 is 1.32 bits per heavy atom. The molecule has 1 aromatic carbocycles. The number of hydrogen-bond acceptors (Lipinski definition) is 2. The monoisotopic (exact) mass is 256 g/mol. The van der Waals surface area contributed by atoms with Gasteiger partial charge in [0, 0.05) is 17.8 Å². The minimum absolute atomic E-state index is 0.257. The molecule has 0 radical (unpaired) electrons. The lowest BCUT2D eigenvalue weighted by molar-refractivity contribution is -0.130. The van der Waals surface area contributed by atoms with Gasteiger partial charge in [-0.3, -0.25) is 4.68 Å². The molecule has 0 bridgehead atoms. The summed E-state index contributed by atoms with van der Waals surface area (Å²) in [6.45, 7) is 4.05. The van der Waals surface area contributed by atoms with Gasteiger partial charge in [-0.2, -0.15) is 5.10 Å². The minimum atomic E-state index is -0.941. The first kappa shape index (κ1) is 13.1. The number of aliphatic carboxylic acids is 1. The normalized spacial score (nSPS) is 11.8. The molecule has 0 aliphatic rings. The third-order valence-corrected chi connectivity index (χ3v) is 2.78. The van der Waals surface area contributed by atoms with Crippen molar-refractivity contribution >= 4 is 17.6 Å². The molecule has 1 aromatic heterocycles. The maximum atomic E-state index is 11.3. The van der Waals surface area contributed by atoms with Crippen LogP contribution in [0.25, 0.3) is 11.6 Å². The Labute approximate surface area is 112 Å². The Balaban J connectivity index is 2.39. The van der Waals surface area contributed by atoms with Gasteiger partial charge < -0.3 is 5.11 Å². The fraction of sp³-hybridized carbons (Fsp3) is 0.200. The van der Waals surface area contributed by atoms with Crippen LogP contribution in [0, 0.1) is 0 Å². The molecule has 0 fully saturated rings. The molecule has 0 spiro atoms.